The lowest BCUT2D eigenvalue weighted by Gasteiger charge is -2.12. The Labute approximate surface area is 253 Å². The van der Waals surface area contributed by atoms with Crippen molar-refractivity contribution in [2.45, 2.75) is 0 Å². The molecule has 0 spiro atoms. The van der Waals surface area contributed by atoms with Crippen LogP contribution in [0.3, 0.4) is 0 Å². The highest BCUT2D eigenvalue weighted by Gasteiger charge is 2.25. The van der Waals surface area contributed by atoms with Crippen molar-refractivity contribution in [3.8, 4) is 50.5 Å². The van der Waals surface area contributed by atoms with E-state index in [4.69, 9.17) is 9.40 Å². The summed E-state index contributed by atoms with van der Waals surface area (Å²) in [5, 5.41) is 4.94. The van der Waals surface area contributed by atoms with Crippen molar-refractivity contribution < 1.29 is 4.42 Å². The fourth-order valence-corrected chi connectivity index (χ4v) is 7.19. The number of nitrogens with zero attached hydrogens (tertiary/aromatic N) is 2. The summed E-state index contributed by atoms with van der Waals surface area (Å²) in [6, 6.07) is 51.7. The molecule has 0 unspecified atom stereocenters. The van der Waals surface area contributed by atoms with Gasteiger partial charge in [0, 0.05) is 22.0 Å². The lowest BCUT2D eigenvalue weighted by atomic mass is 9.97. The van der Waals surface area contributed by atoms with E-state index in [1.165, 1.54) is 54.9 Å². The molecular formula is C41H24N2O. The summed E-state index contributed by atoms with van der Waals surface area (Å²) in [4.78, 5) is 5.01. The Hall–Kier alpha value is -5.93. The van der Waals surface area contributed by atoms with Gasteiger partial charge in [0.2, 0.25) is 0 Å². The van der Waals surface area contributed by atoms with Gasteiger partial charge in [0.1, 0.15) is 17.0 Å². The molecule has 204 valence electrons. The van der Waals surface area contributed by atoms with Crippen molar-refractivity contribution >= 4 is 43.7 Å². The summed E-state index contributed by atoms with van der Waals surface area (Å²) in [5.74, 6) is 0.944. The van der Waals surface area contributed by atoms with E-state index < -0.39 is 0 Å². The van der Waals surface area contributed by atoms with Gasteiger partial charge in [-0.1, -0.05) is 103 Å². The molecule has 9 aromatic rings. The molecule has 3 nitrogen and oxygen atoms in total. The van der Waals surface area contributed by atoms with Crippen LogP contribution in [-0.2, 0) is 0 Å². The van der Waals surface area contributed by atoms with Crippen molar-refractivity contribution in [2.24, 2.45) is 0 Å². The fraction of sp³-hybridized carbons (Fsp3) is 0. The van der Waals surface area contributed by atoms with E-state index in [-0.39, 0.29) is 0 Å². The maximum absolute atomic E-state index is 6.37. The third-order valence-electron chi connectivity index (χ3n) is 9.15. The fourth-order valence-electron chi connectivity index (χ4n) is 7.19. The minimum absolute atomic E-state index is 0.932. The molecule has 0 radical (unpaired) electrons. The second kappa shape index (κ2) is 8.79. The molecule has 0 fully saturated rings. The number of hydrogen-bond acceptors (Lipinski definition) is 2. The molecule has 44 heavy (non-hydrogen) atoms. The smallest absolute Gasteiger partial charge is 0.145 e. The van der Waals surface area contributed by atoms with Crippen LogP contribution in [0.2, 0.25) is 0 Å². The maximum Gasteiger partial charge on any atom is 0.145 e. The van der Waals surface area contributed by atoms with E-state index in [0.717, 1.165) is 39.3 Å². The molecule has 1 aliphatic rings. The zero-order valence-electron chi connectivity index (χ0n) is 23.7. The predicted molar refractivity (Wildman–Crippen MR) is 181 cm³/mol. The van der Waals surface area contributed by atoms with Crippen molar-refractivity contribution in [3.05, 3.63) is 146 Å². The van der Waals surface area contributed by atoms with E-state index >= 15 is 0 Å². The monoisotopic (exact) mass is 560 g/mol. The first kappa shape index (κ1) is 23.6. The van der Waals surface area contributed by atoms with Crippen LogP contribution in [0.5, 0.6) is 0 Å². The molecular weight excluding hydrogens is 536 g/mol. The van der Waals surface area contributed by atoms with Gasteiger partial charge < -0.3 is 4.42 Å². The SMILES string of the molecule is c1ccc(-c2nc3ccccc3n2-c2ccc(-c3ccc4c(c3)-c3cc5oc6ccccc6c5c5cccc-4c35)cc2)cc1. The van der Waals surface area contributed by atoms with Gasteiger partial charge in [0.25, 0.3) is 0 Å². The summed E-state index contributed by atoms with van der Waals surface area (Å²) < 4.78 is 8.63. The van der Waals surface area contributed by atoms with Gasteiger partial charge in [0.15, 0.2) is 0 Å². The number of fused-ring (bicyclic) bond motifs is 8. The minimum Gasteiger partial charge on any atom is -0.456 e. The Kier molecular flexibility index (Phi) is 4.72. The van der Waals surface area contributed by atoms with Crippen LogP contribution in [0.1, 0.15) is 0 Å². The first-order chi connectivity index (χ1) is 21.8. The number of aromatic nitrogens is 2. The quantitative estimate of drug-likeness (QED) is 0.215. The highest BCUT2D eigenvalue weighted by Crippen LogP contribution is 2.51. The molecule has 0 N–H and O–H groups in total. The standard InChI is InChI=1S/C41H24N2O/c1-2-9-26(10-3-1)41-42-35-14-5-6-15-36(35)43(41)28-20-17-25(18-21-28)27-19-22-29-30-12-8-13-32-39(30)34(33(29)23-27)24-38-40(32)31-11-4-7-16-37(31)44-38/h1-24H. The topological polar surface area (TPSA) is 31.0 Å². The molecule has 0 amide bonds. The number of furan rings is 1. The van der Waals surface area contributed by atoms with Crippen LogP contribution < -0.4 is 0 Å². The summed E-state index contributed by atoms with van der Waals surface area (Å²) in [6.45, 7) is 0. The molecule has 0 saturated carbocycles. The van der Waals surface area contributed by atoms with Gasteiger partial charge >= 0.3 is 0 Å². The Bertz CT molecular complexity index is 2590. The molecule has 0 saturated heterocycles. The average Bonchev–Trinajstić information content (AvgIpc) is 3.76. The van der Waals surface area contributed by atoms with Crippen molar-refractivity contribution in [1.29, 1.82) is 0 Å². The summed E-state index contributed by atoms with van der Waals surface area (Å²) in [6.07, 6.45) is 0. The summed E-state index contributed by atoms with van der Waals surface area (Å²) in [7, 11) is 0. The second-order valence-corrected chi connectivity index (χ2v) is 11.6. The van der Waals surface area contributed by atoms with E-state index in [0.29, 0.717) is 0 Å². The van der Waals surface area contributed by atoms with Crippen LogP contribution >= 0.6 is 0 Å². The van der Waals surface area contributed by atoms with Crippen LogP contribution in [0.15, 0.2) is 150 Å². The average molecular weight is 561 g/mol. The normalized spacial score (nSPS) is 12.1. The van der Waals surface area contributed by atoms with Gasteiger partial charge in [-0.2, -0.15) is 0 Å². The molecule has 0 aliphatic heterocycles. The molecule has 3 heteroatoms. The number of hydrogen-bond donors (Lipinski definition) is 0. The largest absolute Gasteiger partial charge is 0.456 e. The Morgan fingerprint density at radius 2 is 1.23 bits per heavy atom. The Morgan fingerprint density at radius 3 is 2.14 bits per heavy atom. The van der Waals surface area contributed by atoms with E-state index in [2.05, 4.69) is 132 Å². The number of rotatable bonds is 3. The molecule has 0 atom stereocenters. The van der Waals surface area contributed by atoms with Gasteiger partial charge in [-0.25, -0.2) is 4.98 Å². The lowest BCUT2D eigenvalue weighted by molar-refractivity contribution is 0.669. The number of imidazole rings is 1. The summed E-state index contributed by atoms with van der Waals surface area (Å²) in [5.41, 5.74) is 13.6. The second-order valence-electron chi connectivity index (χ2n) is 11.6. The third kappa shape index (κ3) is 3.24. The highest BCUT2D eigenvalue weighted by molar-refractivity contribution is 6.28. The molecule has 10 rings (SSSR count). The van der Waals surface area contributed by atoms with Crippen molar-refractivity contribution in [2.75, 3.05) is 0 Å². The Morgan fingerprint density at radius 1 is 0.455 bits per heavy atom. The summed E-state index contributed by atoms with van der Waals surface area (Å²) >= 11 is 0. The van der Waals surface area contributed by atoms with Crippen LogP contribution in [0.4, 0.5) is 0 Å². The van der Waals surface area contributed by atoms with Gasteiger partial charge in [0.05, 0.1) is 11.0 Å². The van der Waals surface area contributed by atoms with Crippen molar-refractivity contribution in [1.82, 2.24) is 9.55 Å². The Balaban J connectivity index is 1.11. The van der Waals surface area contributed by atoms with Crippen LogP contribution in [-0.4, -0.2) is 9.55 Å². The lowest BCUT2D eigenvalue weighted by Crippen LogP contribution is -1.97. The first-order valence-corrected chi connectivity index (χ1v) is 15.0. The molecule has 0 bridgehead atoms. The molecule has 1 aliphatic carbocycles. The minimum atomic E-state index is 0.932. The van der Waals surface area contributed by atoms with E-state index in [9.17, 15) is 0 Å². The maximum atomic E-state index is 6.37. The third-order valence-corrected chi connectivity index (χ3v) is 9.15. The zero-order chi connectivity index (χ0) is 28.8. The van der Waals surface area contributed by atoms with Gasteiger partial charge in [-0.15, -0.1) is 0 Å². The molecule has 2 aromatic heterocycles. The van der Waals surface area contributed by atoms with E-state index in [1.807, 2.05) is 18.2 Å². The first-order valence-electron chi connectivity index (χ1n) is 15.0. The van der Waals surface area contributed by atoms with Crippen LogP contribution in [0.25, 0.3) is 94.2 Å². The molecule has 7 aromatic carbocycles. The van der Waals surface area contributed by atoms with Gasteiger partial charge in [-0.3, -0.25) is 4.57 Å². The van der Waals surface area contributed by atoms with Crippen LogP contribution in [0, 0.1) is 0 Å². The highest BCUT2D eigenvalue weighted by atomic mass is 16.3. The zero-order valence-corrected chi connectivity index (χ0v) is 23.7. The van der Waals surface area contributed by atoms with E-state index in [1.54, 1.807) is 0 Å². The van der Waals surface area contributed by atoms with Crippen molar-refractivity contribution in [3.63, 3.8) is 0 Å². The molecule has 2 heterocycles. The number of benzene rings is 7. The predicted octanol–water partition coefficient (Wildman–Crippen LogP) is 11.1. The number of para-hydroxylation sites is 3. The van der Waals surface area contributed by atoms with Gasteiger partial charge in [-0.05, 0) is 86.6 Å².